The average molecular weight is 297 g/mol. The lowest BCUT2D eigenvalue weighted by Crippen LogP contribution is -2.41. The summed E-state index contributed by atoms with van der Waals surface area (Å²) >= 11 is 5.98. The van der Waals surface area contributed by atoms with Gasteiger partial charge in [-0.2, -0.15) is 0 Å². The van der Waals surface area contributed by atoms with E-state index in [1.165, 1.54) is 0 Å². The summed E-state index contributed by atoms with van der Waals surface area (Å²) in [4.78, 5) is 12.4. The summed E-state index contributed by atoms with van der Waals surface area (Å²) in [5, 5.41) is 3.50. The van der Waals surface area contributed by atoms with Gasteiger partial charge in [-0.05, 0) is 50.8 Å². The number of carbonyl (C=O) groups is 1. The highest BCUT2D eigenvalue weighted by Gasteiger charge is 2.31. The van der Waals surface area contributed by atoms with Gasteiger partial charge in [0.2, 0.25) is 0 Å². The van der Waals surface area contributed by atoms with Gasteiger partial charge in [0.25, 0.3) is 5.91 Å². The number of nitrogens with two attached hydrogens (primary N) is 1. The van der Waals surface area contributed by atoms with E-state index < -0.39 is 0 Å². The first-order valence-corrected chi connectivity index (χ1v) is 7.36. The highest BCUT2D eigenvalue weighted by Crippen LogP contribution is 2.32. The van der Waals surface area contributed by atoms with Gasteiger partial charge < -0.3 is 15.8 Å². The third-order valence-electron chi connectivity index (χ3n) is 3.31. The van der Waals surface area contributed by atoms with E-state index in [0.717, 1.165) is 12.8 Å². The Morgan fingerprint density at radius 2 is 2.20 bits per heavy atom. The molecule has 5 heteroatoms. The third-order valence-corrected chi connectivity index (χ3v) is 3.55. The molecule has 0 aliphatic heterocycles. The molecule has 0 bridgehead atoms. The quantitative estimate of drug-likeness (QED) is 0.848. The molecule has 1 fully saturated rings. The first-order chi connectivity index (χ1) is 9.51. The standard InChI is InChI=1S/C15H21ClN2O2/c1-9(2)20-14-6-5-11(16)7-12(14)15(19)18-13(8-17)10-3-4-10/h5-7,9-10,13H,3-4,8,17H2,1-2H3,(H,18,19). The third kappa shape index (κ3) is 3.87. The van der Waals surface area contributed by atoms with Crippen LogP contribution >= 0.6 is 11.6 Å². The predicted octanol–water partition coefficient (Wildman–Crippen LogP) is 2.59. The van der Waals surface area contributed by atoms with Gasteiger partial charge in [0.15, 0.2) is 0 Å². The summed E-state index contributed by atoms with van der Waals surface area (Å²) in [7, 11) is 0. The molecule has 0 aromatic heterocycles. The number of ether oxygens (including phenoxy) is 1. The van der Waals surface area contributed by atoms with E-state index in [4.69, 9.17) is 22.1 Å². The van der Waals surface area contributed by atoms with Crippen molar-refractivity contribution in [1.82, 2.24) is 5.32 Å². The number of amides is 1. The van der Waals surface area contributed by atoms with Gasteiger partial charge >= 0.3 is 0 Å². The molecule has 110 valence electrons. The van der Waals surface area contributed by atoms with E-state index in [1.807, 2.05) is 13.8 Å². The van der Waals surface area contributed by atoms with Crippen LogP contribution in [-0.2, 0) is 0 Å². The molecule has 3 N–H and O–H groups in total. The van der Waals surface area contributed by atoms with Crippen molar-refractivity contribution in [2.45, 2.75) is 38.8 Å². The lowest BCUT2D eigenvalue weighted by molar-refractivity contribution is 0.0927. The minimum absolute atomic E-state index is 0.00327. The second-order valence-corrected chi connectivity index (χ2v) is 5.90. The minimum Gasteiger partial charge on any atom is -0.490 e. The molecule has 20 heavy (non-hydrogen) atoms. The number of carbonyl (C=O) groups excluding carboxylic acids is 1. The number of hydrogen-bond acceptors (Lipinski definition) is 3. The van der Waals surface area contributed by atoms with Crippen LogP contribution < -0.4 is 15.8 Å². The molecule has 1 aromatic rings. The number of hydrogen-bond donors (Lipinski definition) is 2. The van der Waals surface area contributed by atoms with Crippen molar-refractivity contribution in [3.63, 3.8) is 0 Å². The lowest BCUT2D eigenvalue weighted by atomic mass is 10.1. The van der Waals surface area contributed by atoms with Crippen molar-refractivity contribution in [3.05, 3.63) is 28.8 Å². The fraction of sp³-hybridized carbons (Fsp3) is 0.533. The van der Waals surface area contributed by atoms with Crippen LogP contribution in [0.15, 0.2) is 18.2 Å². The van der Waals surface area contributed by atoms with Gasteiger partial charge in [0.1, 0.15) is 5.75 Å². The van der Waals surface area contributed by atoms with Crippen molar-refractivity contribution in [2.24, 2.45) is 11.7 Å². The number of benzene rings is 1. The second-order valence-electron chi connectivity index (χ2n) is 5.46. The molecule has 1 aliphatic rings. The Morgan fingerprint density at radius 3 is 2.75 bits per heavy atom. The highest BCUT2D eigenvalue weighted by molar-refractivity contribution is 6.31. The summed E-state index contributed by atoms with van der Waals surface area (Å²) in [5.41, 5.74) is 6.18. The van der Waals surface area contributed by atoms with Crippen molar-refractivity contribution in [1.29, 1.82) is 0 Å². The zero-order valence-corrected chi connectivity index (χ0v) is 12.6. The first-order valence-electron chi connectivity index (χ1n) is 6.98. The molecule has 0 spiro atoms. The second kappa shape index (κ2) is 6.46. The van der Waals surface area contributed by atoms with Crippen LogP contribution in [0.5, 0.6) is 5.75 Å². The van der Waals surface area contributed by atoms with Gasteiger partial charge in [-0.25, -0.2) is 0 Å². The molecule has 0 radical (unpaired) electrons. The smallest absolute Gasteiger partial charge is 0.255 e. The predicted molar refractivity (Wildman–Crippen MR) is 80.2 cm³/mol. The summed E-state index contributed by atoms with van der Waals surface area (Å²) in [6.45, 7) is 4.30. The van der Waals surface area contributed by atoms with Crippen LogP contribution in [0.1, 0.15) is 37.0 Å². The van der Waals surface area contributed by atoms with Gasteiger partial charge in [-0.1, -0.05) is 11.6 Å². The van der Waals surface area contributed by atoms with E-state index in [9.17, 15) is 4.79 Å². The molecule has 1 aliphatic carbocycles. The van der Waals surface area contributed by atoms with Crippen LogP contribution in [-0.4, -0.2) is 24.6 Å². The zero-order chi connectivity index (χ0) is 14.7. The van der Waals surface area contributed by atoms with Crippen LogP contribution in [0.2, 0.25) is 5.02 Å². The normalized spacial score (nSPS) is 16.1. The van der Waals surface area contributed by atoms with E-state index in [-0.39, 0.29) is 18.1 Å². The molecular weight excluding hydrogens is 276 g/mol. The molecular formula is C15H21ClN2O2. The zero-order valence-electron chi connectivity index (χ0n) is 11.9. The summed E-state index contributed by atoms with van der Waals surface area (Å²) in [6, 6.07) is 5.12. The molecule has 2 rings (SSSR count). The topological polar surface area (TPSA) is 64.3 Å². The van der Waals surface area contributed by atoms with Gasteiger partial charge in [0, 0.05) is 17.6 Å². The maximum atomic E-state index is 12.4. The van der Waals surface area contributed by atoms with Crippen LogP contribution in [0.3, 0.4) is 0 Å². The first kappa shape index (κ1) is 15.1. The van der Waals surface area contributed by atoms with Crippen LogP contribution in [0, 0.1) is 5.92 Å². The van der Waals surface area contributed by atoms with E-state index in [2.05, 4.69) is 5.32 Å². The Morgan fingerprint density at radius 1 is 1.50 bits per heavy atom. The Balaban J connectivity index is 2.16. The van der Waals surface area contributed by atoms with Crippen molar-refractivity contribution < 1.29 is 9.53 Å². The van der Waals surface area contributed by atoms with Gasteiger partial charge in [0.05, 0.1) is 11.7 Å². The van der Waals surface area contributed by atoms with Crippen LogP contribution in [0.4, 0.5) is 0 Å². The Bertz CT molecular complexity index is 487. The fourth-order valence-electron chi connectivity index (χ4n) is 2.15. The molecule has 1 atom stereocenters. The molecule has 1 aromatic carbocycles. The molecule has 1 amide bonds. The fourth-order valence-corrected chi connectivity index (χ4v) is 2.32. The molecule has 1 unspecified atom stereocenters. The minimum atomic E-state index is -0.175. The van der Waals surface area contributed by atoms with Crippen molar-refractivity contribution in [3.8, 4) is 5.75 Å². The SMILES string of the molecule is CC(C)Oc1ccc(Cl)cc1C(=O)NC(CN)C1CC1. The number of halogens is 1. The molecule has 4 nitrogen and oxygen atoms in total. The summed E-state index contributed by atoms with van der Waals surface area (Å²) in [5.74, 6) is 0.886. The maximum Gasteiger partial charge on any atom is 0.255 e. The van der Waals surface area contributed by atoms with E-state index in [1.54, 1.807) is 18.2 Å². The molecule has 0 heterocycles. The van der Waals surface area contributed by atoms with Gasteiger partial charge in [-0.15, -0.1) is 0 Å². The number of nitrogens with one attached hydrogen (secondary N) is 1. The van der Waals surface area contributed by atoms with Gasteiger partial charge in [-0.3, -0.25) is 4.79 Å². The van der Waals surface area contributed by atoms with E-state index in [0.29, 0.717) is 28.8 Å². The Labute approximate surface area is 124 Å². The highest BCUT2D eigenvalue weighted by atomic mass is 35.5. The largest absolute Gasteiger partial charge is 0.490 e. The van der Waals surface area contributed by atoms with Crippen molar-refractivity contribution in [2.75, 3.05) is 6.54 Å². The lowest BCUT2D eigenvalue weighted by Gasteiger charge is -2.18. The summed E-state index contributed by atoms with van der Waals surface area (Å²) < 4.78 is 5.66. The Kier molecular flexibility index (Phi) is 4.89. The monoisotopic (exact) mass is 296 g/mol. The van der Waals surface area contributed by atoms with E-state index >= 15 is 0 Å². The van der Waals surface area contributed by atoms with Crippen LogP contribution in [0.25, 0.3) is 0 Å². The molecule has 1 saturated carbocycles. The van der Waals surface area contributed by atoms with Crippen molar-refractivity contribution >= 4 is 17.5 Å². The molecule has 0 saturated heterocycles. The summed E-state index contributed by atoms with van der Waals surface area (Å²) in [6.07, 6.45) is 2.26. The Hall–Kier alpha value is -1.26. The average Bonchev–Trinajstić information content (AvgIpc) is 3.21. The number of rotatable bonds is 6. The maximum absolute atomic E-state index is 12.4.